The van der Waals surface area contributed by atoms with E-state index in [2.05, 4.69) is 15.6 Å². The van der Waals surface area contributed by atoms with Crippen LogP contribution in [0.15, 0.2) is 30.5 Å². The molecule has 0 saturated carbocycles. The van der Waals surface area contributed by atoms with Crippen LogP contribution in [0.3, 0.4) is 0 Å². The van der Waals surface area contributed by atoms with Gasteiger partial charge in [-0.05, 0) is 23.8 Å². The maximum absolute atomic E-state index is 11.6. The number of rotatable bonds is 2. The number of thiocarbonyl (C=S) groups is 1. The Morgan fingerprint density at radius 2 is 2.12 bits per heavy atom. The first kappa shape index (κ1) is 10.3. The molecule has 0 aliphatic carbocycles. The Morgan fingerprint density at radius 1 is 1.29 bits per heavy atom. The molecule has 5 heteroatoms. The number of benzene rings is 1. The van der Waals surface area contributed by atoms with Gasteiger partial charge in [0.15, 0.2) is 5.11 Å². The number of carbonyl (C=O) groups excluding carboxylic acids is 1. The topological polar surface area (TPSA) is 56.9 Å². The van der Waals surface area contributed by atoms with Gasteiger partial charge in [0.05, 0.1) is 0 Å². The quantitative estimate of drug-likeness (QED) is 0.694. The second-order valence-electron chi connectivity index (χ2n) is 4.08. The Bertz CT molecular complexity index is 605. The number of aromatic amines is 1. The molecule has 1 aliphatic heterocycles. The standard InChI is InChI=1S/C12H11N3OS/c16-11-10(14-12(17)15-11)5-7-6-13-9-4-2-1-3-8(7)9/h1-4,6,10,13H,5H2,(H2,14,15,16,17)/t10-/m0/s1. The van der Waals surface area contributed by atoms with Gasteiger partial charge in [0, 0.05) is 23.5 Å². The van der Waals surface area contributed by atoms with E-state index in [1.807, 2.05) is 30.5 Å². The number of nitrogens with one attached hydrogen (secondary N) is 3. The Balaban J connectivity index is 1.90. The molecule has 0 unspecified atom stereocenters. The van der Waals surface area contributed by atoms with Crippen molar-refractivity contribution in [1.29, 1.82) is 0 Å². The predicted octanol–water partition coefficient (Wildman–Crippen LogP) is 1.08. The van der Waals surface area contributed by atoms with Gasteiger partial charge in [-0.2, -0.15) is 0 Å². The highest BCUT2D eigenvalue weighted by Crippen LogP contribution is 2.19. The average molecular weight is 245 g/mol. The monoisotopic (exact) mass is 245 g/mol. The number of hydrogen-bond donors (Lipinski definition) is 3. The predicted molar refractivity (Wildman–Crippen MR) is 69.7 cm³/mol. The van der Waals surface area contributed by atoms with Crippen LogP contribution >= 0.6 is 12.2 Å². The van der Waals surface area contributed by atoms with Gasteiger partial charge in [-0.1, -0.05) is 18.2 Å². The van der Waals surface area contributed by atoms with E-state index in [0.29, 0.717) is 11.5 Å². The molecule has 1 amide bonds. The van der Waals surface area contributed by atoms with Crippen molar-refractivity contribution < 1.29 is 4.79 Å². The number of carbonyl (C=O) groups is 1. The number of amides is 1. The van der Waals surface area contributed by atoms with Gasteiger partial charge < -0.3 is 15.6 Å². The van der Waals surface area contributed by atoms with Crippen molar-refractivity contribution in [1.82, 2.24) is 15.6 Å². The SMILES string of the molecule is O=C1NC(=S)N[C@H]1Cc1c[nH]c2ccccc12. The molecule has 2 aromatic rings. The van der Waals surface area contributed by atoms with Crippen molar-refractivity contribution in [2.75, 3.05) is 0 Å². The highest BCUT2D eigenvalue weighted by molar-refractivity contribution is 7.80. The largest absolute Gasteiger partial charge is 0.361 e. The number of fused-ring (bicyclic) bond motifs is 1. The molecular formula is C12H11N3OS. The second kappa shape index (κ2) is 3.85. The molecule has 1 aromatic carbocycles. The molecule has 3 N–H and O–H groups in total. The van der Waals surface area contributed by atoms with Crippen molar-refractivity contribution in [3.63, 3.8) is 0 Å². The van der Waals surface area contributed by atoms with Crippen LogP contribution in [-0.2, 0) is 11.2 Å². The van der Waals surface area contributed by atoms with Crippen LogP contribution in [0.25, 0.3) is 10.9 Å². The summed E-state index contributed by atoms with van der Waals surface area (Å²) in [5.41, 5.74) is 2.21. The fourth-order valence-electron chi connectivity index (χ4n) is 2.12. The van der Waals surface area contributed by atoms with Crippen LogP contribution in [0.4, 0.5) is 0 Å². The van der Waals surface area contributed by atoms with E-state index < -0.39 is 0 Å². The van der Waals surface area contributed by atoms with Crippen molar-refractivity contribution >= 4 is 34.1 Å². The molecule has 3 rings (SSSR count). The van der Waals surface area contributed by atoms with Crippen molar-refractivity contribution in [3.8, 4) is 0 Å². The molecule has 1 saturated heterocycles. The highest BCUT2D eigenvalue weighted by Gasteiger charge is 2.27. The van der Waals surface area contributed by atoms with Crippen LogP contribution < -0.4 is 10.6 Å². The third kappa shape index (κ3) is 1.78. The molecule has 0 radical (unpaired) electrons. The number of H-pyrrole nitrogens is 1. The summed E-state index contributed by atoms with van der Waals surface area (Å²) in [5, 5.41) is 7.13. The van der Waals surface area contributed by atoms with Crippen molar-refractivity contribution in [2.45, 2.75) is 12.5 Å². The fourth-order valence-corrected chi connectivity index (χ4v) is 2.37. The van der Waals surface area contributed by atoms with Crippen molar-refractivity contribution in [2.24, 2.45) is 0 Å². The average Bonchev–Trinajstić information content (AvgIpc) is 2.85. The molecule has 0 bridgehead atoms. The second-order valence-corrected chi connectivity index (χ2v) is 4.49. The van der Waals surface area contributed by atoms with Crippen LogP contribution in [0, 0.1) is 0 Å². The van der Waals surface area contributed by atoms with E-state index in [1.165, 1.54) is 0 Å². The molecule has 0 spiro atoms. The van der Waals surface area contributed by atoms with E-state index in [0.717, 1.165) is 16.5 Å². The summed E-state index contributed by atoms with van der Waals surface area (Å²) < 4.78 is 0. The lowest BCUT2D eigenvalue weighted by Gasteiger charge is -2.06. The molecular weight excluding hydrogens is 234 g/mol. The van der Waals surface area contributed by atoms with Gasteiger partial charge in [0.25, 0.3) is 0 Å². The molecule has 1 aliphatic rings. The molecule has 2 heterocycles. The van der Waals surface area contributed by atoms with Gasteiger partial charge >= 0.3 is 0 Å². The van der Waals surface area contributed by atoms with Crippen LogP contribution in [-0.4, -0.2) is 22.0 Å². The van der Waals surface area contributed by atoms with Gasteiger partial charge in [-0.15, -0.1) is 0 Å². The first-order valence-electron chi connectivity index (χ1n) is 5.40. The highest BCUT2D eigenvalue weighted by atomic mass is 32.1. The zero-order valence-corrected chi connectivity index (χ0v) is 9.80. The summed E-state index contributed by atoms with van der Waals surface area (Å²) in [6, 6.07) is 7.78. The molecule has 4 nitrogen and oxygen atoms in total. The first-order chi connectivity index (χ1) is 8.24. The van der Waals surface area contributed by atoms with E-state index in [-0.39, 0.29) is 11.9 Å². The molecule has 17 heavy (non-hydrogen) atoms. The summed E-state index contributed by atoms with van der Waals surface area (Å²) in [5.74, 6) is -0.0553. The Morgan fingerprint density at radius 3 is 2.88 bits per heavy atom. The third-order valence-corrected chi connectivity index (χ3v) is 3.18. The third-order valence-electron chi connectivity index (χ3n) is 2.96. The Labute approximate surface area is 103 Å². The normalized spacial score (nSPS) is 19.4. The fraction of sp³-hybridized carbons (Fsp3) is 0.167. The minimum atomic E-state index is -0.262. The maximum atomic E-state index is 11.6. The van der Waals surface area contributed by atoms with E-state index in [1.54, 1.807) is 0 Å². The van der Waals surface area contributed by atoms with Gasteiger partial charge in [0.2, 0.25) is 5.91 Å². The first-order valence-corrected chi connectivity index (χ1v) is 5.81. The minimum Gasteiger partial charge on any atom is -0.361 e. The van der Waals surface area contributed by atoms with Gasteiger partial charge in [0.1, 0.15) is 6.04 Å². The van der Waals surface area contributed by atoms with Crippen LogP contribution in [0.2, 0.25) is 0 Å². The zero-order valence-electron chi connectivity index (χ0n) is 8.99. The van der Waals surface area contributed by atoms with Gasteiger partial charge in [-0.3, -0.25) is 4.79 Å². The minimum absolute atomic E-state index is 0.0553. The zero-order chi connectivity index (χ0) is 11.8. The molecule has 1 atom stereocenters. The lowest BCUT2D eigenvalue weighted by molar-refractivity contribution is -0.120. The number of aromatic nitrogens is 1. The smallest absolute Gasteiger partial charge is 0.249 e. The molecule has 1 aromatic heterocycles. The van der Waals surface area contributed by atoms with E-state index in [9.17, 15) is 4.79 Å². The van der Waals surface area contributed by atoms with Gasteiger partial charge in [-0.25, -0.2) is 0 Å². The lowest BCUT2D eigenvalue weighted by atomic mass is 10.1. The van der Waals surface area contributed by atoms with E-state index in [4.69, 9.17) is 12.2 Å². The summed E-state index contributed by atoms with van der Waals surface area (Å²) in [6.45, 7) is 0. The summed E-state index contributed by atoms with van der Waals surface area (Å²) >= 11 is 4.91. The Kier molecular flexibility index (Phi) is 2.33. The molecule has 1 fully saturated rings. The van der Waals surface area contributed by atoms with Crippen LogP contribution in [0.1, 0.15) is 5.56 Å². The van der Waals surface area contributed by atoms with Crippen LogP contribution in [0.5, 0.6) is 0 Å². The maximum Gasteiger partial charge on any atom is 0.249 e. The molecule has 86 valence electrons. The Hall–Kier alpha value is -1.88. The summed E-state index contributed by atoms with van der Waals surface area (Å²) in [6.07, 6.45) is 2.58. The van der Waals surface area contributed by atoms with E-state index >= 15 is 0 Å². The number of hydrogen-bond acceptors (Lipinski definition) is 2. The lowest BCUT2D eigenvalue weighted by Crippen LogP contribution is -2.30. The summed E-state index contributed by atoms with van der Waals surface area (Å²) in [4.78, 5) is 14.8. The van der Waals surface area contributed by atoms with Crippen molar-refractivity contribution in [3.05, 3.63) is 36.0 Å². The number of para-hydroxylation sites is 1. The summed E-state index contributed by atoms with van der Waals surface area (Å²) in [7, 11) is 0.